The van der Waals surface area contributed by atoms with Crippen LogP contribution in [-0.4, -0.2) is 48.6 Å². The van der Waals surface area contributed by atoms with Crippen LogP contribution in [-0.2, 0) is 9.59 Å². The van der Waals surface area contributed by atoms with Gasteiger partial charge in [0.15, 0.2) is 0 Å². The molecule has 1 aliphatic rings. The maximum absolute atomic E-state index is 11.4. The monoisotopic (exact) mass is 226 g/mol. The maximum atomic E-state index is 11.4. The van der Waals surface area contributed by atoms with Crippen LogP contribution in [0.1, 0.15) is 12.8 Å². The molecule has 2 N–H and O–H groups in total. The number of hydrogen-bond donors (Lipinski definition) is 2. The Labute approximate surface area is 95.1 Å². The first-order valence-corrected chi connectivity index (χ1v) is 5.47. The van der Waals surface area contributed by atoms with E-state index >= 15 is 0 Å². The molecule has 0 aliphatic carbocycles. The van der Waals surface area contributed by atoms with Crippen LogP contribution in [0.3, 0.4) is 0 Å². The minimum atomic E-state index is -0.916. The smallest absolute Gasteiger partial charge is 0.328 e. The molecular formula is C11H18N2O3. The summed E-state index contributed by atoms with van der Waals surface area (Å²) in [6.45, 7) is 2.34. The Kier molecular flexibility index (Phi) is 4.98. The lowest BCUT2D eigenvalue weighted by atomic mass is 9.96. The number of hydrogen-bond acceptors (Lipinski definition) is 3. The molecule has 1 saturated heterocycles. The van der Waals surface area contributed by atoms with E-state index in [9.17, 15) is 9.59 Å². The molecule has 1 heterocycles. The van der Waals surface area contributed by atoms with Crippen LogP contribution in [0.2, 0.25) is 0 Å². The van der Waals surface area contributed by atoms with E-state index in [2.05, 4.69) is 10.2 Å². The molecule has 0 unspecified atom stereocenters. The molecule has 0 bridgehead atoms. The number of carboxylic acid groups (broad SMARTS) is 1. The SMILES string of the molecule is CNC(=O)C1CCN(CC=CC(=O)O)CC1. The summed E-state index contributed by atoms with van der Waals surface area (Å²) in [5.41, 5.74) is 0. The molecule has 90 valence electrons. The Hall–Kier alpha value is -1.36. The van der Waals surface area contributed by atoms with E-state index in [1.165, 1.54) is 0 Å². The predicted molar refractivity (Wildman–Crippen MR) is 60.0 cm³/mol. The molecule has 0 spiro atoms. The Morgan fingerprint density at radius 3 is 2.56 bits per heavy atom. The molecule has 0 aromatic carbocycles. The van der Waals surface area contributed by atoms with Crippen molar-refractivity contribution in [3.05, 3.63) is 12.2 Å². The third-order valence-electron chi connectivity index (χ3n) is 2.83. The topological polar surface area (TPSA) is 69.6 Å². The molecule has 1 aliphatic heterocycles. The number of rotatable bonds is 4. The average Bonchev–Trinajstić information content (AvgIpc) is 2.28. The van der Waals surface area contributed by atoms with Crippen LogP contribution >= 0.6 is 0 Å². The van der Waals surface area contributed by atoms with Crippen molar-refractivity contribution in [1.82, 2.24) is 10.2 Å². The Morgan fingerprint density at radius 1 is 1.44 bits per heavy atom. The minimum absolute atomic E-state index is 0.112. The highest BCUT2D eigenvalue weighted by molar-refractivity contribution is 5.79. The number of nitrogens with one attached hydrogen (secondary N) is 1. The van der Waals surface area contributed by atoms with E-state index in [1.807, 2.05) is 0 Å². The van der Waals surface area contributed by atoms with Gasteiger partial charge >= 0.3 is 5.97 Å². The van der Waals surface area contributed by atoms with Crippen LogP contribution < -0.4 is 5.32 Å². The Balaban J connectivity index is 2.27. The number of amides is 1. The van der Waals surface area contributed by atoms with E-state index in [0.717, 1.165) is 32.0 Å². The zero-order valence-corrected chi connectivity index (χ0v) is 9.48. The van der Waals surface area contributed by atoms with Crippen molar-refractivity contribution < 1.29 is 14.7 Å². The molecule has 0 aromatic heterocycles. The van der Waals surface area contributed by atoms with Crippen molar-refractivity contribution in [2.45, 2.75) is 12.8 Å². The van der Waals surface area contributed by atoms with Crippen LogP contribution in [0.5, 0.6) is 0 Å². The van der Waals surface area contributed by atoms with Crippen molar-refractivity contribution in [1.29, 1.82) is 0 Å². The molecule has 0 saturated carbocycles. The number of piperidine rings is 1. The van der Waals surface area contributed by atoms with Gasteiger partial charge in [0.25, 0.3) is 0 Å². The molecule has 5 heteroatoms. The highest BCUT2D eigenvalue weighted by atomic mass is 16.4. The normalized spacial score (nSPS) is 18.8. The van der Waals surface area contributed by atoms with Gasteiger partial charge in [-0.1, -0.05) is 6.08 Å². The summed E-state index contributed by atoms with van der Waals surface area (Å²) >= 11 is 0. The molecule has 1 amide bonds. The molecular weight excluding hydrogens is 208 g/mol. The van der Waals surface area contributed by atoms with E-state index in [1.54, 1.807) is 13.1 Å². The third kappa shape index (κ3) is 4.02. The van der Waals surface area contributed by atoms with Gasteiger partial charge in [0.1, 0.15) is 0 Å². The fourth-order valence-corrected chi connectivity index (χ4v) is 1.88. The second-order valence-electron chi connectivity index (χ2n) is 3.93. The lowest BCUT2D eigenvalue weighted by Crippen LogP contribution is -2.39. The quantitative estimate of drug-likeness (QED) is 0.666. The first kappa shape index (κ1) is 12.7. The van der Waals surface area contributed by atoms with Crippen LogP contribution in [0.15, 0.2) is 12.2 Å². The van der Waals surface area contributed by atoms with E-state index in [0.29, 0.717) is 6.54 Å². The predicted octanol–water partition coefficient (Wildman–Crippen LogP) is 0.0852. The number of carboxylic acids is 1. The van der Waals surface area contributed by atoms with Gasteiger partial charge < -0.3 is 10.4 Å². The minimum Gasteiger partial charge on any atom is -0.478 e. The zero-order chi connectivity index (χ0) is 12.0. The van der Waals surface area contributed by atoms with Gasteiger partial charge in [-0.25, -0.2) is 4.79 Å². The standard InChI is InChI=1S/C11H18N2O3/c1-12-11(16)9-4-7-13(8-5-9)6-2-3-10(14)15/h2-3,9H,4-8H2,1H3,(H,12,16)(H,14,15). The lowest BCUT2D eigenvalue weighted by molar-refractivity contribution is -0.131. The number of likely N-dealkylation sites (tertiary alicyclic amines) is 1. The van der Waals surface area contributed by atoms with Crippen molar-refractivity contribution in [3.8, 4) is 0 Å². The second-order valence-corrected chi connectivity index (χ2v) is 3.93. The van der Waals surface area contributed by atoms with Gasteiger partial charge in [-0.3, -0.25) is 9.69 Å². The molecule has 0 aromatic rings. The summed E-state index contributed by atoms with van der Waals surface area (Å²) in [4.78, 5) is 23.8. The fourth-order valence-electron chi connectivity index (χ4n) is 1.88. The van der Waals surface area contributed by atoms with Crippen molar-refractivity contribution >= 4 is 11.9 Å². The van der Waals surface area contributed by atoms with Gasteiger partial charge in [-0.2, -0.15) is 0 Å². The van der Waals surface area contributed by atoms with Crippen LogP contribution in [0.4, 0.5) is 0 Å². The van der Waals surface area contributed by atoms with Crippen LogP contribution in [0.25, 0.3) is 0 Å². The summed E-state index contributed by atoms with van der Waals surface area (Å²) in [6.07, 6.45) is 4.49. The van der Waals surface area contributed by atoms with Crippen molar-refractivity contribution in [2.24, 2.45) is 5.92 Å². The molecule has 0 radical (unpaired) electrons. The number of nitrogens with zero attached hydrogens (tertiary/aromatic N) is 1. The van der Waals surface area contributed by atoms with Crippen molar-refractivity contribution in [2.75, 3.05) is 26.7 Å². The molecule has 16 heavy (non-hydrogen) atoms. The van der Waals surface area contributed by atoms with Crippen molar-refractivity contribution in [3.63, 3.8) is 0 Å². The van der Waals surface area contributed by atoms with E-state index in [4.69, 9.17) is 5.11 Å². The van der Waals surface area contributed by atoms with E-state index in [-0.39, 0.29) is 11.8 Å². The van der Waals surface area contributed by atoms with Gasteiger partial charge in [-0.05, 0) is 25.9 Å². The molecule has 0 atom stereocenters. The van der Waals surface area contributed by atoms with Gasteiger partial charge in [0.05, 0.1) is 0 Å². The second kappa shape index (κ2) is 6.27. The molecule has 1 rings (SSSR count). The largest absolute Gasteiger partial charge is 0.478 e. The van der Waals surface area contributed by atoms with Gasteiger partial charge in [-0.15, -0.1) is 0 Å². The summed E-state index contributed by atoms with van der Waals surface area (Å²) in [6, 6.07) is 0. The fraction of sp³-hybridized carbons (Fsp3) is 0.636. The summed E-state index contributed by atoms with van der Waals surface area (Å²) in [5, 5.41) is 11.1. The third-order valence-corrected chi connectivity index (χ3v) is 2.83. The highest BCUT2D eigenvalue weighted by Crippen LogP contribution is 2.16. The number of carbonyl (C=O) groups excluding carboxylic acids is 1. The Bertz CT molecular complexity index is 281. The summed E-state index contributed by atoms with van der Waals surface area (Å²) in [7, 11) is 1.66. The summed E-state index contributed by atoms with van der Waals surface area (Å²) < 4.78 is 0. The molecule has 1 fully saturated rings. The lowest BCUT2D eigenvalue weighted by Gasteiger charge is -2.30. The average molecular weight is 226 g/mol. The zero-order valence-electron chi connectivity index (χ0n) is 9.48. The number of aliphatic carboxylic acids is 1. The summed E-state index contributed by atoms with van der Waals surface area (Å²) in [5.74, 6) is -0.689. The number of carbonyl (C=O) groups is 2. The van der Waals surface area contributed by atoms with Gasteiger partial charge in [0, 0.05) is 25.6 Å². The van der Waals surface area contributed by atoms with Crippen LogP contribution in [0, 0.1) is 5.92 Å². The first-order chi connectivity index (χ1) is 7.63. The highest BCUT2D eigenvalue weighted by Gasteiger charge is 2.23. The van der Waals surface area contributed by atoms with E-state index < -0.39 is 5.97 Å². The Morgan fingerprint density at radius 2 is 2.06 bits per heavy atom. The maximum Gasteiger partial charge on any atom is 0.328 e. The van der Waals surface area contributed by atoms with Gasteiger partial charge in [0.2, 0.25) is 5.91 Å². The molecule has 5 nitrogen and oxygen atoms in total. The first-order valence-electron chi connectivity index (χ1n) is 5.47.